The van der Waals surface area contributed by atoms with Gasteiger partial charge >= 0.3 is 6.03 Å². The second-order valence-corrected chi connectivity index (χ2v) is 7.91. The minimum atomic E-state index is -0.734. The van der Waals surface area contributed by atoms with E-state index in [-0.39, 0.29) is 24.1 Å². The number of ether oxygens (including phenoxy) is 2. The highest BCUT2D eigenvalue weighted by Crippen LogP contribution is 2.29. The largest absolute Gasteiger partial charge is 0.491 e. The van der Waals surface area contributed by atoms with Gasteiger partial charge in [0.15, 0.2) is 0 Å². The van der Waals surface area contributed by atoms with E-state index in [2.05, 4.69) is 15.5 Å². The summed E-state index contributed by atoms with van der Waals surface area (Å²) < 4.78 is 11.7. The third kappa shape index (κ3) is 4.71. The monoisotopic (exact) mass is 375 g/mol. The SMILES string of the molecule is CC(C)Oc1cc(CN2CCC3(CC2)NC(=O)NC3=O)cc(OC(C)C)c1. The van der Waals surface area contributed by atoms with Crippen LogP contribution in [0, 0.1) is 0 Å². The molecule has 2 aliphatic rings. The van der Waals surface area contributed by atoms with Crippen LogP contribution in [0.5, 0.6) is 11.5 Å². The van der Waals surface area contributed by atoms with Crippen LogP contribution in [0.3, 0.4) is 0 Å². The highest BCUT2D eigenvalue weighted by molar-refractivity contribution is 6.07. The zero-order chi connectivity index (χ0) is 19.6. The molecule has 27 heavy (non-hydrogen) atoms. The van der Waals surface area contributed by atoms with Gasteiger partial charge in [0.25, 0.3) is 5.91 Å². The summed E-state index contributed by atoms with van der Waals surface area (Å²) in [5.41, 5.74) is 0.377. The summed E-state index contributed by atoms with van der Waals surface area (Å²) in [6.45, 7) is 10.2. The van der Waals surface area contributed by atoms with Gasteiger partial charge in [-0.3, -0.25) is 15.0 Å². The number of benzene rings is 1. The van der Waals surface area contributed by atoms with Gasteiger partial charge in [0.1, 0.15) is 17.0 Å². The van der Waals surface area contributed by atoms with Crippen molar-refractivity contribution in [3.8, 4) is 11.5 Å². The van der Waals surface area contributed by atoms with Crippen LogP contribution >= 0.6 is 0 Å². The van der Waals surface area contributed by atoms with Crippen LogP contribution in [0.15, 0.2) is 18.2 Å². The molecule has 3 amide bonds. The van der Waals surface area contributed by atoms with Crippen LogP contribution in [-0.4, -0.2) is 47.7 Å². The number of nitrogens with zero attached hydrogens (tertiary/aromatic N) is 1. The number of hydrogen-bond donors (Lipinski definition) is 2. The predicted octanol–water partition coefficient (Wildman–Crippen LogP) is 2.44. The lowest BCUT2D eigenvalue weighted by Crippen LogP contribution is -2.54. The Labute approximate surface area is 160 Å². The molecule has 2 heterocycles. The molecule has 1 spiro atoms. The quantitative estimate of drug-likeness (QED) is 0.747. The molecule has 0 radical (unpaired) electrons. The number of likely N-dealkylation sites (tertiary alicyclic amines) is 1. The molecule has 0 saturated carbocycles. The Balaban J connectivity index is 1.68. The molecule has 0 bridgehead atoms. The number of carbonyl (C=O) groups excluding carboxylic acids is 2. The van der Waals surface area contributed by atoms with Gasteiger partial charge in [-0.05, 0) is 58.2 Å². The topological polar surface area (TPSA) is 79.9 Å². The summed E-state index contributed by atoms with van der Waals surface area (Å²) in [4.78, 5) is 25.8. The summed E-state index contributed by atoms with van der Waals surface area (Å²) >= 11 is 0. The number of nitrogens with one attached hydrogen (secondary N) is 2. The molecule has 2 aliphatic heterocycles. The number of hydrogen-bond acceptors (Lipinski definition) is 5. The normalized spacial score (nSPS) is 19.5. The fourth-order valence-electron chi connectivity index (χ4n) is 3.63. The Morgan fingerprint density at radius 3 is 2.00 bits per heavy atom. The minimum absolute atomic E-state index is 0.0893. The lowest BCUT2D eigenvalue weighted by atomic mass is 9.87. The molecule has 0 unspecified atom stereocenters. The lowest BCUT2D eigenvalue weighted by molar-refractivity contribution is -0.125. The summed E-state index contributed by atoms with van der Waals surface area (Å²) in [6.07, 6.45) is 1.41. The van der Waals surface area contributed by atoms with E-state index < -0.39 is 5.54 Å². The van der Waals surface area contributed by atoms with Crippen molar-refractivity contribution in [2.24, 2.45) is 0 Å². The molecule has 3 rings (SSSR count). The summed E-state index contributed by atoms with van der Waals surface area (Å²) in [6, 6.07) is 5.62. The second kappa shape index (κ2) is 7.76. The first-order chi connectivity index (χ1) is 12.8. The van der Waals surface area contributed by atoms with Gasteiger partial charge in [-0.2, -0.15) is 0 Å². The molecule has 2 fully saturated rings. The van der Waals surface area contributed by atoms with E-state index in [0.717, 1.165) is 36.7 Å². The number of urea groups is 1. The second-order valence-electron chi connectivity index (χ2n) is 7.91. The average molecular weight is 375 g/mol. The Morgan fingerprint density at radius 2 is 1.56 bits per heavy atom. The third-order valence-corrected chi connectivity index (χ3v) is 4.81. The Hall–Kier alpha value is -2.28. The average Bonchev–Trinajstić information content (AvgIpc) is 2.82. The molecule has 7 nitrogen and oxygen atoms in total. The van der Waals surface area contributed by atoms with Gasteiger partial charge in [0, 0.05) is 25.7 Å². The fourth-order valence-corrected chi connectivity index (χ4v) is 3.63. The molecular formula is C20H29N3O4. The maximum atomic E-state index is 12.1. The molecule has 2 saturated heterocycles. The molecule has 1 aromatic carbocycles. The highest BCUT2D eigenvalue weighted by Gasteiger charge is 2.47. The van der Waals surface area contributed by atoms with E-state index in [1.165, 1.54) is 0 Å². The van der Waals surface area contributed by atoms with Crippen LogP contribution in [-0.2, 0) is 11.3 Å². The fraction of sp³-hybridized carbons (Fsp3) is 0.600. The van der Waals surface area contributed by atoms with Crippen molar-refractivity contribution in [2.45, 2.75) is 64.8 Å². The number of amides is 3. The van der Waals surface area contributed by atoms with Crippen LogP contribution in [0.4, 0.5) is 4.79 Å². The van der Waals surface area contributed by atoms with Gasteiger partial charge in [-0.15, -0.1) is 0 Å². The Bertz CT molecular complexity index is 681. The zero-order valence-corrected chi connectivity index (χ0v) is 16.5. The van der Waals surface area contributed by atoms with Crippen molar-refractivity contribution >= 4 is 11.9 Å². The first kappa shape index (κ1) is 19.5. The molecular weight excluding hydrogens is 346 g/mol. The predicted molar refractivity (Wildman–Crippen MR) is 102 cm³/mol. The maximum Gasteiger partial charge on any atom is 0.322 e. The molecule has 0 aromatic heterocycles. The molecule has 148 valence electrons. The molecule has 7 heteroatoms. The van der Waals surface area contributed by atoms with Crippen molar-refractivity contribution in [1.82, 2.24) is 15.5 Å². The summed E-state index contributed by atoms with van der Waals surface area (Å²) in [7, 11) is 0. The van der Waals surface area contributed by atoms with E-state index >= 15 is 0 Å². The van der Waals surface area contributed by atoms with Gasteiger partial charge in [-0.25, -0.2) is 4.79 Å². The van der Waals surface area contributed by atoms with E-state index in [4.69, 9.17) is 9.47 Å². The standard InChI is InChI=1S/C20H29N3O4/c1-13(2)26-16-9-15(10-17(11-16)27-14(3)4)12-23-7-5-20(6-8-23)18(24)21-19(25)22-20/h9-11,13-14H,5-8,12H2,1-4H3,(H2,21,22,24,25). The van der Waals surface area contributed by atoms with E-state index in [1.54, 1.807) is 0 Å². The van der Waals surface area contributed by atoms with Crippen molar-refractivity contribution in [3.05, 3.63) is 23.8 Å². The zero-order valence-electron chi connectivity index (χ0n) is 16.5. The number of imide groups is 1. The van der Waals surface area contributed by atoms with E-state index in [0.29, 0.717) is 12.8 Å². The van der Waals surface area contributed by atoms with Crippen LogP contribution in [0.2, 0.25) is 0 Å². The Morgan fingerprint density at radius 1 is 1.00 bits per heavy atom. The van der Waals surface area contributed by atoms with Crippen LogP contribution in [0.25, 0.3) is 0 Å². The van der Waals surface area contributed by atoms with Crippen molar-refractivity contribution < 1.29 is 19.1 Å². The highest BCUT2D eigenvalue weighted by atomic mass is 16.5. The Kier molecular flexibility index (Phi) is 5.60. The van der Waals surface area contributed by atoms with Crippen molar-refractivity contribution in [2.75, 3.05) is 13.1 Å². The smallest absolute Gasteiger partial charge is 0.322 e. The lowest BCUT2D eigenvalue weighted by Gasteiger charge is -2.37. The van der Waals surface area contributed by atoms with Crippen LogP contribution in [0.1, 0.15) is 46.1 Å². The molecule has 2 N–H and O–H groups in total. The molecule has 0 atom stereocenters. The van der Waals surface area contributed by atoms with E-state index in [1.807, 2.05) is 45.9 Å². The third-order valence-electron chi connectivity index (χ3n) is 4.81. The minimum Gasteiger partial charge on any atom is -0.491 e. The van der Waals surface area contributed by atoms with E-state index in [9.17, 15) is 9.59 Å². The number of carbonyl (C=O) groups is 2. The molecule has 0 aliphatic carbocycles. The number of piperidine rings is 1. The first-order valence-electron chi connectivity index (χ1n) is 9.59. The van der Waals surface area contributed by atoms with Crippen molar-refractivity contribution in [1.29, 1.82) is 0 Å². The maximum absolute atomic E-state index is 12.1. The van der Waals surface area contributed by atoms with Gasteiger partial charge in [0.2, 0.25) is 0 Å². The number of rotatable bonds is 6. The summed E-state index contributed by atoms with van der Waals surface area (Å²) in [5, 5.41) is 5.15. The van der Waals surface area contributed by atoms with Gasteiger partial charge in [-0.1, -0.05) is 0 Å². The molecule has 1 aromatic rings. The van der Waals surface area contributed by atoms with Crippen LogP contribution < -0.4 is 20.1 Å². The van der Waals surface area contributed by atoms with Gasteiger partial charge < -0.3 is 14.8 Å². The summed E-state index contributed by atoms with van der Waals surface area (Å²) in [5.74, 6) is 1.40. The van der Waals surface area contributed by atoms with Gasteiger partial charge in [0.05, 0.1) is 12.2 Å². The first-order valence-corrected chi connectivity index (χ1v) is 9.59. The van der Waals surface area contributed by atoms with Crippen molar-refractivity contribution in [3.63, 3.8) is 0 Å².